The Hall–Kier alpha value is -2.35. The maximum absolute atomic E-state index is 12.9. The normalized spacial score (nSPS) is 35.3. The highest BCUT2D eigenvalue weighted by Crippen LogP contribution is 2.38. The van der Waals surface area contributed by atoms with E-state index in [1.807, 2.05) is 0 Å². The minimum absolute atomic E-state index is 0.00494. The average Bonchev–Trinajstić information content (AvgIpc) is 3.11. The number of hydrogen-bond acceptors (Lipinski definition) is 6. The Labute approximate surface area is 191 Å². The third-order valence-electron chi connectivity index (χ3n) is 7.71. The van der Waals surface area contributed by atoms with E-state index in [0.29, 0.717) is 18.3 Å². The van der Waals surface area contributed by atoms with Crippen LogP contribution in [0.2, 0.25) is 0 Å². The lowest BCUT2D eigenvalue weighted by atomic mass is 9.79. The molecule has 7 nitrogen and oxygen atoms in total. The smallest absolute Gasteiger partial charge is 0.368 e. The largest absolute Gasteiger partial charge is 0.416 e. The van der Waals surface area contributed by atoms with Gasteiger partial charge in [-0.2, -0.15) is 18.4 Å². The number of rotatable bonds is 4. The summed E-state index contributed by atoms with van der Waals surface area (Å²) in [7, 11) is 0. The van der Waals surface area contributed by atoms with Crippen LogP contribution >= 0.6 is 0 Å². The molecule has 1 aromatic carbocycles. The molecule has 3 saturated heterocycles. The van der Waals surface area contributed by atoms with Crippen molar-refractivity contribution in [2.24, 2.45) is 11.8 Å². The summed E-state index contributed by atoms with van der Waals surface area (Å²) in [5.41, 5.74) is 3.24. The van der Waals surface area contributed by atoms with Crippen LogP contribution in [0.3, 0.4) is 0 Å². The van der Waals surface area contributed by atoms with E-state index in [4.69, 9.17) is 0 Å². The van der Waals surface area contributed by atoms with Crippen molar-refractivity contribution in [1.29, 1.82) is 5.26 Å². The number of piperidine rings is 1. The highest BCUT2D eigenvalue weighted by atomic mass is 19.4. The molecule has 6 atom stereocenters. The molecule has 33 heavy (non-hydrogen) atoms. The Balaban J connectivity index is 1.33. The molecule has 0 radical (unpaired) electrons. The summed E-state index contributed by atoms with van der Waals surface area (Å²) >= 11 is 0. The van der Waals surface area contributed by atoms with Crippen LogP contribution in [0, 0.1) is 23.2 Å². The van der Waals surface area contributed by atoms with E-state index in [2.05, 4.69) is 32.0 Å². The standard InChI is InChI=1S/C23H29F3N6O/c24-23(25,26)15-2-4-16(5-3-15)29-21-20-19(8-9-28-22(20)33)32(30-21)18-7-6-17(12-14(18)13-27)31-10-1-11-31/h2-5,14,17-21,29-30H,1,6-12H2,(H,28,33)/t14-,17+,18+,19?,20?,21?/m0/s1. The lowest BCUT2D eigenvalue weighted by molar-refractivity contribution is -0.137. The molecule has 10 heteroatoms. The minimum Gasteiger partial charge on any atom is -0.368 e. The second-order valence-corrected chi connectivity index (χ2v) is 9.57. The highest BCUT2D eigenvalue weighted by Gasteiger charge is 2.52. The summed E-state index contributed by atoms with van der Waals surface area (Å²) in [6.45, 7) is 2.80. The molecule has 4 aliphatic rings. The van der Waals surface area contributed by atoms with Gasteiger partial charge in [0.15, 0.2) is 0 Å². The van der Waals surface area contributed by atoms with E-state index in [9.17, 15) is 23.2 Å². The first-order valence-electron chi connectivity index (χ1n) is 11.7. The van der Waals surface area contributed by atoms with Gasteiger partial charge < -0.3 is 15.5 Å². The van der Waals surface area contributed by atoms with E-state index in [0.717, 1.165) is 50.9 Å². The first kappa shape index (κ1) is 22.4. The highest BCUT2D eigenvalue weighted by molar-refractivity contribution is 5.82. The van der Waals surface area contributed by atoms with Crippen LogP contribution < -0.4 is 16.1 Å². The molecule has 1 aromatic rings. The van der Waals surface area contributed by atoms with Crippen molar-refractivity contribution in [3.8, 4) is 6.07 Å². The van der Waals surface area contributed by atoms with Gasteiger partial charge in [0, 0.05) is 30.4 Å². The van der Waals surface area contributed by atoms with Crippen molar-refractivity contribution in [3.05, 3.63) is 29.8 Å². The van der Waals surface area contributed by atoms with Crippen LogP contribution in [-0.2, 0) is 11.0 Å². The van der Waals surface area contributed by atoms with Crippen molar-refractivity contribution < 1.29 is 18.0 Å². The summed E-state index contributed by atoms with van der Waals surface area (Å²) in [5.74, 6) is -0.603. The van der Waals surface area contributed by atoms with Crippen LogP contribution in [0.5, 0.6) is 0 Å². The van der Waals surface area contributed by atoms with E-state index in [-0.39, 0.29) is 23.9 Å². The second-order valence-electron chi connectivity index (χ2n) is 9.57. The molecule has 1 amide bonds. The van der Waals surface area contributed by atoms with Crippen molar-refractivity contribution >= 4 is 11.6 Å². The molecule has 4 fully saturated rings. The third-order valence-corrected chi connectivity index (χ3v) is 7.71. The maximum Gasteiger partial charge on any atom is 0.416 e. The Kier molecular flexibility index (Phi) is 5.97. The number of benzene rings is 1. The number of alkyl halides is 3. The molecule has 0 spiro atoms. The van der Waals surface area contributed by atoms with Crippen LogP contribution in [0.15, 0.2) is 24.3 Å². The number of hydrogen-bond donors (Lipinski definition) is 3. The van der Waals surface area contributed by atoms with Crippen LogP contribution in [0.1, 0.15) is 37.7 Å². The van der Waals surface area contributed by atoms with E-state index >= 15 is 0 Å². The van der Waals surface area contributed by atoms with Crippen molar-refractivity contribution in [2.45, 2.75) is 62.6 Å². The molecular weight excluding hydrogens is 433 g/mol. The molecule has 3 N–H and O–H groups in total. The number of likely N-dealkylation sites (tertiary alicyclic amines) is 1. The monoisotopic (exact) mass is 462 g/mol. The Bertz CT molecular complexity index is 912. The first-order chi connectivity index (χ1) is 15.8. The fourth-order valence-corrected chi connectivity index (χ4v) is 5.88. The summed E-state index contributed by atoms with van der Waals surface area (Å²) < 4.78 is 38.7. The van der Waals surface area contributed by atoms with Crippen LogP contribution in [0.25, 0.3) is 0 Å². The number of nitrogens with zero attached hydrogens (tertiary/aromatic N) is 3. The van der Waals surface area contributed by atoms with E-state index < -0.39 is 23.8 Å². The zero-order valence-corrected chi connectivity index (χ0v) is 18.3. The topological polar surface area (TPSA) is 83.4 Å². The Morgan fingerprint density at radius 3 is 2.48 bits per heavy atom. The molecule has 1 saturated carbocycles. The van der Waals surface area contributed by atoms with Crippen molar-refractivity contribution in [3.63, 3.8) is 0 Å². The fraction of sp³-hybridized carbons (Fsp3) is 0.652. The van der Waals surface area contributed by atoms with Gasteiger partial charge in [-0.15, -0.1) is 0 Å². The Morgan fingerprint density at radius 1 is 1.09 bits per heavy atom. The maximum atomic E-state index is 12.9. The summed E-state index contributed by atoms with van der Waals surface area (Å²) in [5, 5.41) is 18.2. The Morgan fingerprint density at radius 2 is 1.85 bits per heavy atom. The minimum atomic E-state index is -4.39. The summed E-state index contributed by atoms with van der Waals surface area (Å²) in [6, 6.07) is 7.77. The lowest BCUT2D eigenvalue weighted by Gasteiger charge is -2.46. The number of amides is 1. The number of carbonyl (C=O) groups is 1. The van der Waals surface area contributed by atoms with Gasteiger partial charge in [0.2, 0.25) is 5.91 Å². The third kappa shape index (κ3) is 4.29. The number of carbonyl (C=O) groups excluding carboxylic acids is 1. The first-order valence-corrected chi connectivity index (χ1v) is 11.7. The quantitative estimate of drug-likeness (QED) is 0.638. The number of hydrazine groups is 1. The molecule has 0 bridgehead atoms. The predicted octanol–water partition coefficient (Wildman–Crippen LogP) is 2.53. The molecule has 3 aliphatic heterocycles. The summed E-state index contributed by atoms with van der Waals surface area (Å²) in [6.07, 6.45) is -0.123. The molecule has 0 aromatic heterocycles. The van der Waals surface area contributed by atoms with Gasteiger partial charge in [-0.05, 0) is 69.5 Å². The van der Waals surface area contributed by atoms with Gasteiger partial charge in [0.1, 0.15) is 6.17 Å². The van der Waals surface area contributed by atoms with Gasteiger partial charge in [0.25, 0.3) is 0 Å². The van der Waals surface area contributed by atoms with Gasteiger partial charge in [-0.1, -0.05) is 0 Å². The van der Waals surface area contributed by atoms with Crippen LogP contribution in [-0.4, -0.2) is 59.7 Å². The number of halogens is 3. The van der Waals surface area contributed by atoms with Gasteiger partial charge in [-0.3, -0.25) is 4.79 Å². The predicted molar refractivity (Wildman–Crippen MR) is 115 cm³/mol. The number of nitrogens with one attached hydrogen (secondary N) is 3. The van der Waals surface area contributed by atoms with E-state index in [1.165, 1.54) is 18.6 Å². The van der Waals surface area contributed by atoms with Gasteiger partial charge in [0.05, 0.1) is 23.5 Å². The van der Waals surface area contributed by atoms with Crippen LogP contribution in [0.4, 0.5) is 18.9 Å². The molecule has 178 valence electrons. The van der Waals surface area contributed by atoms with Gasteiger partial charge in [-0.25, -0.2) is 10.4 Å². The fourth-order valence-electron chi connectivity index (χ4n) is 5.88. The molecule has 3 heterocycles. The average molecular weight is 463 g/mol. The van der Waals surface area contributed by atoms with E-state index in [1.54, 1.807) is 0 Å². The molecule has 5 rings (SSSR count). The second kappa shape index (κ2) is 8.78. The van der Waals surface area contributed by atoms with Crippen molar-refractivity contribution in [2.75, 3.05) is 25.0 Å². The van der Waals surface area contributed by atoms with Crippen molar-refractivity contribution in [1.82, 2.24) is 20.7 Å². The SMILES string of the molecule is N#C[C@@H]1C[C@H](N2CCC2)CC[C@H]1N1NC(Nc2ccc(C(F)(F)F)cc2)C2C(=O)NCCC21. The number of fused-ring (bicyclic) bond motifs is 1. The molecule has 3 unspecified atom stereocenters. The number of nitriles is 1. The van der Waals surface area contributed by atoms with Gasteiger partial charge >= 0.3 is 6.18 Å². The summed E-state index contributed by atoms with van der Waals surface area (Å²) in [4.78, 5) is 15.3. The zero-order chi connectivity index (χ0) is 23.2. The zero-order valence-electron chi connectivity index (χ0n) is 18.3. The molecular formula is C23H29F3N6O. The lowest BCUT2D eigenvalue weighted by Crippen LogP contribution is -2.57. The number of anilines is 1. The molecule has 1 aliphatic carbocycles.